The van der Waals surface area contributed by atoms with E-state index >= 15 is 0 Å². The fraction of sp³-hybridized carbons (Fsp3) is 0.556. The molecular formula is C18H24O5. The number of hydrogen-bond donors (Lipinski definition) is 1. The second kappa shape index (κ2) is 6.71. The molecule has 0 heterocycles. The third-order valence-corrected chi connectivity index (χ3v) is 4.65. The molecule has 2 rings (SSSR count). The van der Waals surface area contributed by atoms with E-state index in [4.69, 9.17) is 9.47 Å². The lowest BCUT2D eigenvalue weighted by molar-refractivity contribution is -0.173. The summed E-state index contributed by atoms with van der Waals surface area (Å²) in [7, 11) is 0. The van der Waals surface area contributed by atoms with Crippen molar-refractivity contribution in [2.24, 2.45) is 11.3 Å². The van der Waals surface area contributed by atoms with Crippen molar-refractivity contribution in [3.63, 3.8) is 0 Å². The predicted molar refractivity (Wildman–Crippen MR) is 84.4 cm³/mol. The maximum Gasteiger partial charge on any atom is 0.323 e. The van der Waals surface area contributed by atoms with Crippen molar-refractivity contribution in [2.45, 2.75) is 39.2 Å². The monoisotopic (exact) mass is 320 g/mol. The number of carbonyl (C=O) groups excluding carboxylic acids is 2. The van der Waals surface area contributed by atoms with Crippen LogP contribution in [0.4, 0.5) is 0 Å². The number of benzene rings is 1. The highest BCUT2D eigenvalue weighted by atomic mass is 16.6. The first-order chi connectivity index (χ1) is 10.9. The van der Waals surface area contributed by atoms with Crippen molar-refractivity contribution >= 4 is 11.9 Å². The molecule has 1 aromatic carbocycles. The highest BCUT2D eigenvalue weighted by Gasteiger charge is 2.62. The van der Waals surface area contributed by atoms with E-state index in [1.54, 1.807) is 13.8 Å². The van der Waals surface area contributed by atoms with Gasteiger partial charge in [0.05, 0.1) is 18.8 Å². The van der Waals surface area contributed by atoms with Crippen LogP contribution in [0.1, 0.15) is 39.2 Å². The molecule has 0 aromatic heterocycles. The topological polar surface area (TPSA) is 72.8 Å². The third-order valence-electron chi connectivity index (χ3n) is 4.65. The minimum atomic E-state index is -1.45. The number of rotatable bonds is 5. The van der Waals surface area contributed by atoms with Gasteiger partial charge >= 0.3 is 11.9 Å². The summed E-state index contributed by atoms with van der Waals surface area (Å²) in [6.07, 6.45) is 0.179. The normalized spacial score (nSPS) is 25.8. The Morgan fingerprint density at radius 2 is 1.65 bits per heavy atom. The maximum atomic E-state index is 12.5. The van der Waals surface area contributed by atoms with Crippen LogP contribution in [0, 0.1) is 11.3 Å². The fourth-order valence-electron chi connectivity index (χ4n) is 3.44. The van der Waals surface area contributed by atoms with E-state index < -0.39 is 23.0 Å². The molecule has 0 radical (unpaired) electrons. The number of aliphatic hydroxyl groups is 1. The van der Waals surface area contributed by atoms with Gasteiger partial charge in [-0.3, -0.25) is 9.59 Å². The van der Waals surface area contributed by atoms with Crippen molar-refractivity contribution in [3.05, 3.63) is 35.9 Å². The van der Waals surface area contributed by atoms with Crippen LogP contribution in [0.2, 0.25) is 0 Å². The summed E-state index contributed by atoms with van der Waals surface area (Å²) in [6, 6.07) is 9.13. The van der Waals surface area contributed by atoms with Crippen LogP contribution >= 0.6 is 0 Å². The number of esters is 2. The third kappa shape index (κ3) is 2.98. The van der Waals surface area contributed by atoms with Gasteiger partial charge < -0.3 is 14.6 Å². The maximum absolute atomic E-state index is 12.5. The first kappa shape index (κ1) is 17.5. The Morgan fingerprint density at radius 1 is 1.13 bits per heavy atom. The molecule has 1 fully saturated rings. The second-order valence-electron chi connectivity index (χ2n) is 6.10. The van der Waals surface area contributed by atoms with Crippen LogP contribution in [0.3, 0.4) is 0 Å². The zero-order valence-corrected chi connectivity index (χ0v) is 13.9. The summed E-state index contributed by atoms with van der Waals surface area (Å²) in [5.41, 5.74) is -2.01. The highest BCUT2D eigenvalue weighted by Crippen LogP contribution is 2.54. The first-order valence-corrected chi connectivity index (χ1v) is 8.03. The summed E-state index contributed by atoms with van der Waals surface area (Å²) in [4.78, 5) is 25.0. The Bertz CT molecular complexity index is 550. The summed E-state index contributed by atoms with van der Waals surface area (Å²) in [5, 5.41) is 11.2. The van der Waals surface area contributed by atoms with E-state index in [0.717, 1.165) is 0 Å². The van der Waals surface area contributed by atoms with Crippen LogP contribution in [-0.4, -0.2) is 30.3 Å². The number of hydrogen-bond acceptors (Lipinski definition) is 5. The van der Waals surface area contributed by atoms with Gasteiger partial charge in [-0.25, -0.2) is 0 Å². The highest BCUT2D eigenvalue weighted by molar-refractivity contribution is 6.00. The van der Waals surface area contributed by atoms with Gasteiger partial charge in [0, 0.05) is 6.42 Å². The van der Waals surface area contributed by atoms with Gasteiger partial charge in [0.15, 0.2) is 5.41 Å². The van der Waals surface area contributed by atoms with E-state index in [0.29, 0.717) is 5.56 Å². The Kier molecular flexibility index (Phi) is 5.09. The lowest BCUT2D eigenvalue weighted by Gasteiger charge is -2.29. The Hall–Kier alpha value is -1.88. The van der Waals surface area contributed by atoms with E-state index in [1.807, 2.05) is 37.3 Å². The molecule has 1 saturated carbocycles. The molecule has 1 aromatic rings. The van der Waals surface area contributed by atoms with Crippen LogP contribution in [-0.2, 0) is 24.7 Å². The molecule has 2 atom stereocenters. The summed E-state index contributed by atoms with van der Waals surface area (Å²) in [5.74, 6) is -1.51. The molecule has 0 saturated heterocycles. The molecule has 0 bridgehead atoms. The van der Waals surface area contributed by atoms with Crippen LogP contribution in [0.25, 0.3) is 0 Å². The van der Waals surface area contributed by atoms with E-state index in [9.17, 15) is 14.7 Å². The van der Waals surface area contributed by atoms with E-state index in [1.165, 1.54) is 0 Å². The molecule has 5 heteroatoms. The molecule has 0 amide bonds. The standard InChI is InChI=1S/C18H24O5/c1-4-22-15(19)17(16(20)23-5-2)11-13(3)18(21,12-17)14-9-7-6-8-10-14/h6-10,13,21H,4-5,11-12H2,1-3H3/t13-,18+/m0/s1. The average molecular weight is 320 g/mol. The minimum absolute atomic E-state index is 0.0250. The lowest BCUT2D eigenvalue weighted by atomic mass is 9.82. The molecule has 0 unspecified atom stereocenters. The lowest BCUT2D eigenvalue weighted by Crippen LogP contribution is -2.41. The van der Waals surface area contributed by atoms with E-state index in [-0.39, 0.29) is 32.0 Å². The predicted octanol–water partition coefficient (Wildman–Crippen LogP) is 2.42. The molecule has 126 valence electrons. The van der Waals surface area contributed by atoms with Gasteiger partial charge in [-0.1, -0.05) is 37.3 Å². The van der Waals surface area contributed by atoms with Crippen molar-refractivity contribution in [1.82, 2.24) is 0 Å². The first-order valence-electron chi connectivity index (χ1n) is 8.03. The van der Waals surface area contributed by atoms with Crippen LogP contribution in [0.5, 0.6) is 0 Å². The van der Waals surface area contributed by atoms with Crippen molar-refractivity contribution in [3.8, 4) is 0 Å². The molecule has 0 spiro atoms. The summed E-state index contributed by atoms with van der Waals surface area (Å²) < 4.78 is 10.2. The summed E-state index contributed by atoms with van der Waals surface area (Å²) in [6.45, 7) is 5.58. The quantitative estimate of drug-likeness (QED) is 0.666. The zero-order chi connectivity index (χ0) is 17.1. The number of carbonyl (C=O) groups is 2. The Balaban J connectivity index is 2.43. The number of ether oxygens (including phenoxy) is 2. The molecule has 23 heavy (non-hydrogen) atoms. The van der Waals surface area contributed by atoms with Crippen molar-refractivity contribution in [1.29, 1.82) is 0 Å². The van der Waals surface area contributed by atoms with Gasteiger partial charge in [0.2, 0.25) is 0 Å². The second-order valence-corrected chi connectivity index (χ2v) is 6.10. The van der Waals surface area contributed by atoms with Crippen LogP contribution < -0.4 is 0 Å². The molecule has 5 nitrogen and oxygen atoms in total. The Labute approximate surface area is 136 Å². The Morgan fingerprint density at radius 3 is 2.13 bits per heavy atom. The minimum Gasteiger partial charge on any atom is -0.465 e. The van der Waals surface area contributed by atoms with Gasteiger partial charge in [0.25, 0.3) is 0 Å². The summed E-state index contributed by atoms with van der Waals surface area (Å²) >= 11 is 0. The molecular weight excluding hydrogens is 296 g/mol. The molecule has 1 aliphatic rings. The van der Waals surface area contributed by atoms with Crippen molar-refractivity contribution < 1.29 is 24.2 Å². The van der Waals surface area contributed by atoms with Gasteiger partial charge in [-0.15, -0.1) is 0 Å². The van der Waals surface area contributed by atoms with Crippen LogP contribution in [0.15, 0.2) is 30.3 Å². The zero-order valence-electron chi connectivity index (χ0n) is 13.9. The average Bonchev–Trinajstić information content (AvgIpc) is 2.83. The molecule has 0 aliphatic heterocycles. The molecule has 1 aliphatic carbocycles. The van der Waals surface area contributed by atoms with E-state index in [2.05, 4.69) is 0 Å². The largest absolute Gasteiger partial charge is 0.465 e. The van der Waals surface area contributed by atoms with Gasteiger partial charge in [0.1, 0.15) is 0 Å². The van der Waals surface area contributed by atoms with Gasteiger partial charge in [-0.2, -0.15) is 0 Å². The van der Waals surface area contributed by atoms with Gasteiger partial charge in [-0.05, 0) is 31.7 Å². The fourth-order valence-corrected chi connectivity index (χ4v) is 3.44. The van der Waals surface area contributed by atoms with Crippen molar-refractivity contribution in [2.75, 3.05) is 13.2 Å². The molecule has 1 N–H and O–H groups in total. The smallest absolute Gasteiger partial charge is 0.323 e. The SMILES string of the molecule is CCOC(=O)C1(C(=O)OCC)C[C@H](C)[C@@](O)(c2ccccc2)C1.